The van der Waals surface area contributed by atoms with Crippen LogP contribution in [0, 0.1) is 0 Å². The molecule has 1 aromatic heterocycles. The number of carboxylic acids is 1. The molecule has 0 aliphatic carbocycles. The number of anilines is 1. The number of rotatable bonds is 16. The molecule has 0 amide bonds. The quantitative estimate of drug-likeness (QED) is 0.141. The second-order valence-electron chi connectivity index (χ2n) is 9.69. The van der Waals surface area contributed by atoms with Crippen LogP contribution in [0.4, 0.5) is 5.69 Å². The van der Waals surface area contributed by atoms with E-state index in [0.29, 0.717) is 0 Å². The number of quaternary nitrogens is 1. The summed E-state index contributed by atoms with van der Waals surface area (Å²) in [5.41, 5.74) is 4.70. The Bertz CT molecular complexity index is 680. The van der Waals surface area contributed by atoms with Crippen molar-refractivity contribution in [3.05, 3.63) is 20.9 Å². The van der Waals surface area contributed by atoms with Crippen LogP contribution >= 0.6 is 34.8 Å². The summed E-state index contributed by atoms with van der Waals surface area (Å²) in [7, 11) is 6.88. The maximum atomic E-state index is 10.4. The van der Waals surface area contributed by atoms with E-state index < -0.39 is 11.7 Å². The molecule has 0 aliphatic heterocycles. The smallest absolute Gasteiger partial charge is 0.150 e. The van der Waals surface area contributed by atoms with Crippen LogP contribution in [0.3, 0.4) is 0 Å². The van der Waals surface area contributed by atoms with Crippen LogP contribution in [0.2, 0.25) is 15.2 Å². The van der Waals surface area contributed by atoms with Crippen molar-refractivity contribution in [3.63, 3.8) is 0 Å². The minimum atomic E-state index is -1.56. The third-order valence-electron chi connectivity index (χ3n) is 5.45. The van der Waals surface area contributed by atoms with Crippen LogP contribution in [0.5, 0.6) is 0 Å². The average Bonchev–Trinajstić information content (AvgIpc) is 2.74. The van der Waals surface area contributed by atoms with Crippen molar-refractivity contribution in [1.82, 2.24) is 4.98 Å². The van der Waals surface area contributed by atoms with Crippen LogP contribution < -0.4 is 10.8 Å². The molecular formula is C25H44Cl3N3O2. The highest BCUT2D eigenvalue weighted by Crippen LogP contribution is 2.33. The highest BCUT2D eigenvalue weighted by Gasteiger charge is 2.14. The molecule has 0 bridgehead atoms. The lowest BCUT2D eigenvalue weighted by Crippen LogP contribution is -2.35. The first kappa shape index (κ1) is 32.2. The fourth-order valence-electron chi connectivity index (χ4n) is 3.45. The van der Waals surface area contributed by atoms with Crippen molar-refractivity contribution < 1.29 is 14.4 Å². The number of carboxylic acid groups (broad SMARTS) is 1. The zero-order valence-corrected chi connectivity index (χ0v) is 23.3. The predicted octanol–water partition coefficient (Wildman–Crippen LogP) is 7.16. The molecule has 0 aromatic carbocycles. The second-order valence-corrected chi connectivity index (χ2v) is 10.8. The number of aromatic carboxylic acids is 1. The lowest BCUT2D eigenvalue weighted by Gasteiger charge is -2.23. The van der Waals surface area contributed by atoms with Gasteiger partial charge in [-0.1, -0.05) is 119 Å². The first-order valence-corrected chi connectivity index (χ1v) is 13.5. The van der Waals surface area contributed by atoms with Crippen LogP contribution in [0.1, 0.15) is 107 Å². The summed E-state index contributed by atoms with van der Waals surface area (Å²) >= 11 is 16.5. The summed E-state index contributed by atoms with van der Waals surface area (Å²) in [6.45, 7) is 3.63. The van der Waals surface area contributed by atoms with Crippen molar-refractivity contribution in [2.75, 3.05) is 33.4 Å². The number of carbonyl (C=O) groups excluding carboxylic acids is 1. The number of nitrogens with two attached hydrogens (primary N) is 1. The van der Waals surface area contributed by atoms with Crippen LogP contribution in [0.25, 0.3) is 0 Å². The third-order valence-corrected chi connectivity index (χ3v) is 6.58. The molecule has 1 rings (SSSR count). The van der Waals surface area contributed by atoms with Gasteiger partial charge in [0.1, 0.15) is 10.7 Å². The molecule has 5 nitrogen and oxygen atoms in total. The molecule has 0 unspecified atom stereocenters. The van der Waals surface area contributed by atoms with Crippen molar-refractivity contribution >= 4 is 46.5 Å². The van der Waals surface area contributed by atoms with Gasteiger partial charge < -0.3 is 20.1 Å². The third kappa shape index (κ3) is 16.5. The zero-order valence-electron chi connectivity index (χ0n) is 21.0. The van der Waals surface area contributed by atoms with Crippen molar-refractivity contribution in [3.8, 4) is 0 Å². The first-order chi connectivity index (χ1) is 15.5. The molecule has 0 spiro atoms. The van der Waals surface area contributed by atoms with Gasteiger partial charge in [0.2, 0.25) is 0 Å². The van der Waals surface area contributed by atoms with E-state index in [-0.39, 0.29) is 20.9 Å². The van der Waals surface area contributed by atoms with Crippen LogP contribution in [0.15, 0.2) is 0 Å². The van der Waals surface area contributed by atoms with Crippen molar-refractivity contribution in [2.45, 2.75) is 96.8 Å². The van der Waals surface area contributed by atoms with E-state index in [4.69, 9.17) is 40.5 Å². The lowest BCUT2D eigenvalue weighted by atomic mass is 10.0. The molecule has 0 saturated heterocycles. The van der Waals surface area contributed by atoms with E-state index >= 15 is 0 Å². The van der Waals surface area contributed by atoms with Crippen molar-refractivity contribution in [2.24, 2.45) is 0 Å². The number of pyridine rings is 1. The lowest BCUT2D eigenvalue weighted by molar-refractivity contribution is -0.870. The van der Waals surface area contributed by atoms with E-state index in [1.807, 2.05) is 0 Å². The van der Waals surface area contributed by atoms with Gasteiger partial charge in [-0.25, -0.2) is 4.98 Å². The number of aromatic nitrogens is 1. The molecule has 0 aliphatic rings. The normalized spacial score (nSPS) is 11.2. The molecule has 0 atom stereocenters. The molecule has 0 saturated carbocycles. The summed E-state index contributed by atoms with van der Waals surface area (Å²) < 4.78 is 1.12. The number of nitrogens with zero attached hydrogens (tertiary/aromatic N) is 2. The average molecular weight is 525 g/mol. The van der Waals surface area contributed by atoms with E-state index in [1.165, 1.54) is 96.4 Å². The number of hydrogen-bond acceptors (Lipinski definition) is 4. The Morgan fingerprint density at radius 1 is 0.788 bits per heavy atom. The number of unbranched alkanes of at least 4 members (excludes halogenated alkanes) is 13. The van der Waals surface area contributed by atoms with E-state index in [2.05, 4.69) is 33.1 Å². The Morgan fingerprint density at radius 2 is 1.18 bits per heavy atom. The van der Waals surface area contributed by atoms with E-state index in [1.54, 1.807) is 0 Å². The first-order valence-electron chi connectivity index (χ1n) is 12.3. The maximum absolute atomic E-state index is 10.4. The molecule has 192 valence electrons. The Kier molecular flexibility index (Phi) is 18.1. The van der Waals surface area contributed by atoms with Gasteiger partial charge in [-0.15, -0.1) is 0 Å². The number of hydrogen-bond donors (Lipinski definition) is 1. The Labute approximate surface area is 216 Å². The van der Waals surface area contributed by atoms with E-state index in [9.17, 15) is 9.90 Å². The summed E-state index contributed by atoms with van der Waals surface area (Å²) in [5.74, 6) is -1.56. The number of nitrogen functional groups attached to an aromatic ring is 1. The van der Waals surface area contributed by atoms with Gasteiger partial charge in [0.25, 0.3) is 0 Å². The topological polar surface area (TPSA) is 79.0 Å². The van der Waals surface area contributed by atoms with Gasteiger partial charge in [0.05, 0.1) is 44.4 Å². The zero-order chi connectivity index (χ0) is 25.3. The molecule has 0 radical (unpaired) electrons. The molecular weight excluding hydrogens is 481 g/mol. The molecule has 2 N–H and O–H groups in total. The fourth-order valence-corrected chi connectivity index (χ4v) is 4.03. The second kappa shape index (κ2) is 18.6. The monoisotopic (exact) mass is 523 g/mol. The van der Waals surface area contributed by atoms with Gasteiger partial charge in [-0.2, -0.15) is 0 Å². The Hall–Kier alpha value is -0.750. The number of halogens is 3. The highest BCUT2D eigenvalue weighted by atomic mass is 35.5. The maximum Gasteiger partial charge on any atom is 0.150 e. The number of carbonyl (C=O) groups is 1. The minimum absolute atomic E-state index is 0.0725. The summed E-state index contributed by atoms with van der Waals surface area (Å²) in [4.78, 5) is 13.8. The highest BCUT2D eigenvalue weighted by molar-refractivity contribution is 6.45. The molecule has 1 heterocycles. The summed E-state index contributed by atoms with van der Waals surface area (Å²) in [6, 6.07) is 0. The summed E-state index contributed by atoms with van der Waals surface area (Å²) in [6.07, 6.45) is 20.4. The van der Waals surface area contributed by atoms with Gasteiger partial charge >= 0.3 is 0 Å². The fraction of sp³-hybridized carbons (Fsp3) is 0.760. The van der Waals surface area contributed by atoms with Gasteiger partial charge in [-0.05, 0) is 12.8 Å². The van der Waals surface area contributed by atoms with Crippen LogP contribution in [-0.4, -0.2) is 43.1 Å². The molecule has 1 aromatic rings. The Balaban J connectivity index is 0.000000676. The van der Waals surface area contributed by atoms with Crippen molar-refractivity contribution in [1.29, 1.82) is 0 Å². The van der Waals surface area contributed by atoms with E-state index in [0.717, 1.165) is 4.48 Å². The largest absolute Gasteiger partial charge is 0.543 e. The van der Waals surface area contributed by atoms with Gasteiger partial charge in [0, 0.05) is 0 Å². The molecule has 0 fully saturated rings. The predicted molar refractivity (Wildman–Crippen MR) is 141 cm³/mol. The molecule has 33 heavy (non-hydrogen) atoms. The SMILES string of the molecule is CCCCCCCCCCCCCCCC[N+](C)(C)C.Nc1c(Cl)c(Cl)nc(C(=O)[O-])c1Cl. The Morgan fingerprint density at radius 3 is 1.55 bits per heavy atom. The summed E-state index contributed by atoms with van der Waals surface area (Å²) in [5, 5.41) is 9.86. The van der Waals surface area contributed by atoms with Gasteiger partial charge in [0.15, 0.2) is 5.15 Å². The van der Waals surface area contributed by atoms with Gasteiger partial charge in [-0.3, -0.25) is 0 Å². The minimum Gasteiger partial charge on any atom is -0.543 e. The molecule has 8 heteroatoms. The van der Waals surface area contributed by atoms with Crippen LogP contribution in [-0.2, 0) is 0 Å². The standard InChI is InChI=1S/C19H42N.C6H3Cl3N2O2/c1-5-6-7-8-9-10-11-12-13-14-15-16-17-18-19-20(2,3)4;7-1-3(10)2(8)5(9)11-4(1)6(12)13/h5-19H2,1-4H3;(H2,10,11)(H,12,13)/q+1;/p-1.